The minimum atomic E-state index is -0.499. The number of carbonyl (C=O) groups excluding carboxylic acids is 1. The van der Waals surface area contributed by atoms with Gasteiger partial charge < -0.3 is 19.7 Å². The monoisotopic (exact) mass is 282 g/mol. The molecule has 0 aromatic carbocycles. The molecule has 5 nitrogen and oxygen atoms in total. The first-order valence-corrected chi connectivity index (χ1v) is 7.92. The van der Waals surface area contributed by atoms with Crippen LogP contribution >= 0.6 is 0 Å². The summed E-state index contributed by atoms with van der Waals surface area (Å²) in [6, 6.07) is 0.383. The van der Waals surface area contributed by atoms with E-state index < -0.39 is 5.79 Å². The summed E-state index contributed by atoms with van der Waals surface area (Å²) in [6.45, 7) is 7.03. The van der Waals surface area contributed by atoms with Crippen LogP contribution in [0.1, 0.15) is 39.5 Å². The lowest BCUT2D eigenvalue weighted by atomic mass is 9.90. The van der Waals surface area contributed by atoms with Crippen molar-refractivity contribution in [3.8, 4) is 0 Å². The lowest BCUT2D eigenvalue weighted by Gasteiger charge is -2.40. The van der Waals surface area contributed by atoms with Gasteiger partial charge >= 0.3 is 6.03 Å². The zero-order valence-corrected chi connectivity index (χ0v) is 12.6. The van der Waals surface area contributed by atoms with Gasteiger partial charge in [0, 0.05) is 25.0 Å². The van der Waals surface area contributed by atoms with Crippen molar-refractivity contribution in [3.05, 3.63) is 0 Å². The summed E-state index contributed by atoms with van der Waals surface area (Å²) < 4.78 is 11.5. The molecule has 2 aliphatic heterocycles. The van der Waals surface area contributed by atoms with Crippen LogP contribution < -0.4 is 5.32 Å². The van der Waals surface area contributed by atoms with Crippen LogP contribution in [0.3, 0.4) is 0 Å². The SMILES string of the molecule is C[C@@H](NC(=O)N1CCC[C@@H](C2(C)OCCO2)C1)C1CC1. The Labute approximate surface area is 121 Å². The highest BCUT2D eigenvalue weighted by Crippen LogP contribution is 2.35. The molecule has 0 unspecified atom stereocenters. The molecule has 20 heavy (non-hydrogen) atoms. The Morgan fingerprint density at radius 1 is 1.30 bits per heavy atom. The Kier molecular flexibility index (Phi) is 3.91. The van der Waals surface area contributed by atoms with Gasteiger partial charge in [-0.1, -0.05) is 0 Å². The number of nitrogens with zero attached hydrogens (tertiary/aromatic N) is 1. The lowest BCUT2D eigenvalue weighted by molar-refractivity contribution is -0.189. The van der Waals surface area contributed by atoms with Gasteiger partial charge in [-0.05, 0) is 45.4 Å². The summed E-state index contributed by atoms with van der Waals surface area (Å²) in [7, 11) is 0. The second-order valence-corrected chi connectivity index (χ2v) is 6.57. The molecule has 2 heterocycles. The predicted octanol–water partition coefficient (Wildman–Crippen LogP) is 1.97. The first-order chi connectivity index (χ1) is 9.58. The molecule has 114 valence electrons. The van der Waals surface area contributed by atoms with E-state index in [1.165, 1.54) is 12.8 Å². The molecule has 2 atom stereocenters. The maximum absolute atomic E-state index is 12.3. The molecule has 1 aliphatic carbocycles. The maximum atomic E-state index is 12.3. The molecule has 3 rings (SSSR count). The Bertz CT molecular complexity index is 364. The molecule has 3 aliphatic rings. The number of urea groups is 1. The second-order valence-electron chi connectivity index (χ2n) is 6.57. The van der Waals surface area contributed by atoms with Crippen LogP contribution in [0, 0.1) is 11.8 Å². The molecule has 2 saturated heterocycles. The number of hydrogen-bond donors (Lipinski definition) is 1. The van der Waals surface area contributed by atoms with E-state index in [4.69, 9.17) is 9.47 Å². The van der Waals surface area contributed by atoms with Gasteiger partial charge in [0.25, 0.3) is 0 Å². The fourth-order valence-electron chi connectivity index (χ4n) is 3.36. The molecule has 0 aromatic heterocycles. The molecule has 0 spiro atoms. The normalized spacial score (nSPS) is 31.1. The smallest absolute Gasteiger partial charge is 0.317 e. The lowest BCUT2D eigenvalue weighted by Crippen LogP contribution is -2.52. The van der Waals surface area contributed by atoms with Gasteiger partial charge in [0.2, 0.25) is 0 Å². The number of likely N-dealkylation sites (tertiary alicyclic amines) is 1. The van der Waals surface area contributed by atoms with Gasteiger partial charge in [-0.3, -0.25) is 0 Å². The van der Waals surface area contributed by atoms with Crippen LogP contribution in [0.2, 0.25) is 0 Å². The maximum Gasteiger partial charge on any atom is 0.317 e. The Morgan fingerprint density at radius 2 is 2.00 bits per heavy atom. The van der Waals surface area contributed by atoms with E-state index in [0.717, 1.165) is 25.9 Å². The molecule has 0 aromatic rings. The van der Waals surface area contributed by atoms with Gasteiger partial charge in [-0.15, -0.1) is 0 Å². The Balaban J connectivity index is 1.55. The van der Waals surface area contributed by atoms with Gasteiger partial charge in [-0.2, -0.15) is 0 Å². The summed E-state index contributed by atoms with van der Waals surface area (Å²) in [6.07, 6.45) is 4.60. The van der Waals surface area contributed by atoms with Crippen molar-refractivity contribution in [2.75, 3.05) is 26.3 Å². The van der Waals surface area contributed by atoms with E-state index in [1.807, 2.05) is 11.8 Å². The molecular weight excluding hydrogens is 256 g/mol. The van der Waals surface area contributed by atoms with Crippen LogP contribution in [0.5, 0.6) is 0 Å². The van der Waals surface area contributed by atoms with Crippen LogP contribution in [-0.4, -0.2) is 49.1 Å². The Morgan fingerprint density at radius 3 is 2.65 bits per heavy atom. The number of carbonyl (C=O) groups is 1. The molecule has 1 saturated carbocycles. The Hall–Kier alpha value is -0.810. The van der Waals surface area contributed by atoms with Gasteiger partial charge in [0.05, 0.1) is 13.2 Å². The molecule has 1 N–H and O–H groups in total. The van der Waals surface area contributed by atoms with Crippen LogP contribution in [0.15, 0.2) is 0 Å². The van der Waals surface area contributed by atoms with E-state index in [9.17, 15) is 4.79 Å². The molecule has 3 fully saturated rings. The van der Waals surface area contributed by atoms with Gasteiger partial charge in [0.1, 0.15) is 0 Å². The number of rotatable bonds is 3. The fraction of sp³-hybridized carbons (Fsp3) is 0.933. The molecular formula is C15H26N2O3. The highest BCUT2D eigenvalue weighted by molar-refractivity contribution is 5.74. The average Bonchev–Trinajstić information content (AvgIpc) is 3.21. The molecule has 0 radical (unpaired) electrons. The summed E-state index contributed by atoms with van der Waals surface area (Å²) >= 11 is 0. The fourth-order valence-corrected chi connectivity index (χ4v) is 3.36. The van der Waals surface area contributed by atoms with Crippen molar-refractivity contribution in [1.82, 2.24) is 10.2 Å². The van der Waals surface area contributed by atoms with E-state index >= 15 is 0 Å². The second kappa shape index (κ2) is 5.53. The van der Waals surface area contributed by atoms with Crippen LogP contribution in [0.4, 0.5) is 4.79 Å². The third kappa shape index (κ3) is 2.93. The minimum Gasteiger partial charge on any atom is -0.347 e. The summed E-state index contributed by atoms with van der Waals surface area (Å²) in [5.41, 5.74) is 0. The zero-order valence-electron chi connectivity index (χ0n) is 12.6. The van der Waals surface area contributed by atoms with Crippen LogP contribution in [0.25, 0.3) is 0 Å². The zero-order chi connectivity index (χ0) is 14.2. The van der Waals surface area contributed by atoms with Gasteiger partial charge in [0.15, 0.2) is 5.79 Å². The molecule has 5 heteroatoms. The number of nitrogens with one attached hydrogen (secondary N) is 1. The molecule has 0 bridgehead atoms. The van der Waals surface area contributed by atoms with Crippen LogP contribution in [-0.2, 0) is 9.47 Å². The standard InChI is InChI=1S/C15H26N2O3/c1-11(12-5-6-12)16-14(18)17-7-3-4-13(10-17)15(2)19-8-9-20-15/h11-13H,3-10H2,1-2H3,(H,16,18)/t11-,13-/m1/s1. The third-order valence-electron chi connectivity index (χ3n) is 4.99. The third-order valence-corrected chi connectivity index (χ3v) is 4.99. The first-order valence-electron chi connectivity index (χ1n) is 7.92. The highest BCUT2D eigenvalue weighted by atomic mass is 16.7. The number of amides is 2. The van der Waals surface area contributed by atoms with Crippen molar-refractivity contribution in [1.29, 1.82) is 0 Å². The van der Waals surface area contributed by atoms with Gasteiger partial charge in [-0.25, -0.2) is 4.79 Å². The number of hydrogen-bond acceptors (Lipinski definition) is 3. The predicted molar refractivity (Wildman–Crippen MR) is 75.3 cm³/mol. The van der Waals surface area contributed by atoms with Crippen molar-refractivity contribution in [3.63, 3.8) is 0 Å². The molecule has 2 amide bonds. The summed E-state index contributed by atoms with van der Waals surface area (Å²) in [5.74, 6) is 0.473. The van der Waals surface area contributed by atoms with Crippen molar-refractivity contribution < 1.29 is 14.3 Å². The summed E-state index contributed by atoms with van der Waals surface area (Å²) in [5, 5.41) is 3.14. The quantitative estimate of drug-likeness (QED) is 0.861. The first kappa shape index (κ1) is 14.1. The topological polar surface area (TPSA) is 50.8 Å². The largest absolute Gasteiger partial charge is 0.347 e. The van der Waals surface area contributed by atoms with E-state index in [1.54, 1.807) is 0 Å². The summed E-state index contributed by atoms with van der Waals surface area (Å²) in [4.78, 5) is 14.3. The average molecular weight is 282 g/mol. The highest BCUT2D eigenvalue weighted by Gasteiger charge is 2.42. The number of piperidine rings is 1. The number of ether oxygens (including phenoxy) is 2. The minimum absolute atomic E-state index is 0.0793. The van der Waals surface area contributed by atoms with Crippen molar-refractivity contribution in [2.45, 2.75) is 51.4 Å². The van der Waals surface area contributed by atoms with E-state index in [0.29, 0.717) is 25.2 Å². The van der Waals surface area contributed by atoms with Crippen molar-refractivity contribution >= 4 is 6.03 Å². The van der Waals surface area contributed by atoms with E-state index in [2.05, 4.69) is 12.2 Å². The van der Waals surface area contributed by atoms with Crippen molar-refractivity contribution in [2.24, 2.45) is 11.8 Å². The van der Waals surface area contributed by atoms with E-state index in [-0.39, 0.29) is 11.9 Å².